The largest absolute Gasteiger partial charge is 0.352 e. The minimum Gasteiger partial charge on any atom is -0.352 e. The SMILES string of the molecule is O=C(NCCc1cccc(Cl)c1)c1c(F)cccc1F. The first-order chi connectivity index (χ1) is 9.58. The molecule has 0 radical (unpaired) electrons. The summed E-state index contributed by atoms with van der Waals surface area (Å²) in [7, 11) is 0. The fourth-order valence-corrected chi connectivity index (χ4v) is 2.03. The molecule has 1 N–H and O–H groups in total. The van der Waals surface area contributed by atoms with E-state index >= 15 is 0 Å². The van der Waals surface area contributed by atoms with Gasteiger partial charge in [-0.25, -0.2) is 8.78 Å². The molecule has 0 saturated heterocycles. The summed E-state index contributed by atoms with van der Waals surface area (Å²) in [5.41, 5.74) is 0.380. The highest BCUT2D eigenvalue weighted by Gasteiger charge is 2.16. The van der Waals surface area contributed by atoms with Crippen molar-refractivity contribution in [2.75, 3.05) is 6.54 Å². The van der Waals surface area contributed by atoms with Gasteiger partial charge in [0, 0.05) is 11.6 Å². The quantitative estimate of drug-likeness (QED) is 0.917. The Bertz CT molecular complexity index is 611. The summed E-state index contributed by atoms with van der Waals surface area (Å²) in [6.07, 6.45) is 0.530. The highest BCUT2D eigenvalue weighted by molar-refractivity contribution is 6.30. The topological polar surface area (TPSA) is 29.1 Å². The van der Waals surface area contributed by atoms with Crippen molar-refractivity contribution in [1.82, 2.24) is 5.32 Å². The first kappa shape index (κ1) is 14.5. The second-order valence-corrected chi connectivity index (χ2v) is 4.67. The fraction of sp³-hybridized carbons (Fsp3) is 0.133. The molecule has 0 aliphatic heterocycles. The third kappa shape index (κ3) is 3.54. The third-order valence-corrected chi connectivity index (χ3v) is 3.01. The Morgan fingerprint density at radius 3 is 2.40 bits per heavy atom. The lowest BCUT2D eigenvalue weighted by Gasteiger charge is -2.07. The third-order valence-electron chi connectivity index (χ3n) is 2.78. The minimum absolute atomic E-state index is 0.271. The van der Waals surface area contributed by atoms with Crippen LogP contribution in [-0.4, -0.2) is 12.5 Å². The molecule has 0 aliphatic rings. The van der Waals surface area contributed by atoms with Gasteiger partial charge in [0.1, 0.15) is 17.2 Å². The van der Waals surface area contributed by atoms with Gasteiger partial charge in [-0.3, -0.25) is 4.79 Å². The van der Waals surface area contributed by atoms with E-state index in [4.69, 9.17) is 11.6 Å². The number of rotatable bonds is 4. The van der Waals surface area contributed by atoms with Crippen molar-refractivity contribution in [1.29, 1.82) is 0 Å². The van der Waals surface area contributed by atoms with Gasteiger partial charge in [-0.05, 0) is 36.2 Å². The zero-order valence-corrected chi connectivity index (χ0v) is 11.3. The molecule has 0 unspecified atom stereocenters. The van der Waals surface area contributed by atoms with E-state index in [9.17, 15) is 13.6 Å². The van der Waals surface area contributed by atoms with Gasteiger partial charge < -0.3 is 5.32 Å². The highest BCUT2D eigenvalue weighted by Crippen LogP contribution is 2.12. The van der Waals surface area contributed by atoms with Crippen LogP contribution in [0.4, 0.5) is 8.78 Å². The Kier molecular flexibility index (Phi) is 4.69. The molecule has 2 aromatic rings. The number of hydrogen-bond donors (Lipinski definition) is 1. The molecule has 0 spiro atoms. The maximum atomic E-state index is 13.4. The fourth-order valence-electron chi connectivity index (χ4n) is 1.82. The van der Waals surface area contributed by atoms with Gasteiger partial charge in [0.25, 0.3) is 5.91 Å². The lowest BCUT2D eigenvalue weighted by molar-refractivity contribution is 0.0945. The lowest BCUT2D eigenvalue weighted by atomic mass is 10.1. The standard InChI is InChI=1S/C15H12ClF2NO/c16-11-4-1-3-10(9-11)7-8-19-15(20)14-12(17)5-2-6-13(14)18/h1-6,9H,7-8H2,(H,19,20). The Morgan fingerprint density at radius 1 is 1.10 bits per heavy atom. The maximum Gasteiger partial charge on any atom is 0.257 e. The van der Waals surface area contributed by atoms with Crippen LogP contribution in [0.1, 0.15) is 15.9 Å². The normalized spacial score (nSPS) is 10.3. The molecule has 0 heterocycles. The number of benzene rings is 2. The molecule has 5 heteroatoms. The van der Waals surface area contributed by atoms with Crippen molar-refractivity contribution in [3.05, 3.63) is 70.2 Å². The average Bonchev–Trinajstić information content (AvgIpc) is 2.38. The van der Waals surface area contributed by atoms with E-state index in [0.717, 1.165) is 17.7 Å². The molecule has 0 atom stereocenters. The minimum atomic E-state index is -0.870. The van der Waals surface area contributed by atoms with Gasteiger partial charge in [-0.1, -0.05) is 29.8 Å². The van der Waals surface area contributed by atoms with Gasteiger partial charge in [-0.15, -0.1) is 0 Å². The number of nitrogens with one attached hydrogen (secondary N) is 1. The monoisotopic (exact) mass is 295 g/mol. The Balaban J connectivity index is 1.96. The molecule has 0 saturated carbocycles. The van der Waals surface area contributed by atoms with Crippen molar-refractivity contribution >= 4 is 17.5 Å². The van der Waals surface area contributed by atoms with Gasteiger partial charge in [-0.2, -0.15) is 0 Å². The van der Waals surface area contributed by atoms with E-state index in [0.29, 0.717) is 11.4 Å². The summed E-state index contributed by atoms with van der Waals surface area (Å²) < 4.78 is 26.8. The van der Waals surface area contributed by atoms with Crippen LogP contribution < -0.4 is 5.32 Å². The molecule has 0 bridgehead atoms. The smallest absolute Gasteiger partial charge is 0.257 e. The van der Waals surface area contributed by atoms with Crippen LogP contribution in [0.5, 0.6) is 0 Å². The first-order valence-electron chi connectivity index (χ1n) is 6.04. The Hall–Kier alpha value is -1.94. The van der Waals surface area contributed by atoms with Crippen LogP contribution >= 0.6 is 11.6 Å². The van der Waals surface area contributed by atoms with Crippen LogP contribution in [0.3, 0.4) is 0 Å². The summed E-state index contributed by atoms with van der Waals surface area (Å²) in [5, 5.41) is 3.09. The maximum absolute atomic E-state index is 13.4. The van der Waals surface area contributed by atoms with E-state index in [1.807, 2.05) is 6.07 Å². The second kappa shape index (κ2) is 6.48. The Morgan fingerprint density at radius 2 is 1.75 bits per heavy atom. The van der Waals surface area contributed by atoms with Crippen LogP contribution in [-0.2, 0) is 6.42 Å². The molecule has 2 aromatic carbocycles. The highest BCUT2D eigenvalue weighted by atomic mass is 35.5. The van der Waals surface area contributed by atoms with Gasteiger partial charge in [0.15, 0.2) is 0 Å². The molecule has 0 fully saturated rings. The molecule has 2 nitrogen and oxygen atoms in total. The number of carbonyl (C=O) groups excluding carboxylic acids is 1. The molecule has 104 valence electrons. The van der Waals surface area contributed by atoms with E-state index in [-0.39, 0.29) is 6.54 Å². The zero-order valence-electron chi connectivity index (χ0n) is 10.5. The van der Waals surface area contributed by atoms with Gasteiger partial charge >= 0.3 is 0 Å². The zero-order chi connectivity index (χ0) is 14.5. The van der Waals surface area contributed by atoms with Gasteiger partial charge in [0.2, 0.25) is 0 Å². The summed E-state index contributed by atoms with van der Waals surface area (Å²) >= 11 is 5.84. The van der Waals surface area contributed by atoms with E-state index in [1.54, 1.807) is 18.2 Å². The van der Waals surface area contributed by atoms with Crippen molar-refractivity contribution in [2.24, 2.45) is 0 Å². The predicted molar refractivity (Wildman–Crippen MR) is 73.8 cm³/mol. The van der Waals surface area contributed by atoms with Crippen LogP contribution in [0.25, 0.3) is 0 Å². The van der Waals surface area contributed by atoms with Crippen molar-refractivity contribution in [3.63, 3.8) is 0 Å². The summed E-state index contributed by atoms with van der Waals surface area (Å²) in [5.74, 6) is -2.50. The van der Waals surface area contributed by atoms with Crippen LogP contribution in [0.15, 0.2) is 42.5 Å². The van der Waals surface area contributed by atoms with Crippen molar-refractivity contribution in [3.8, 4) is 0 Å². The summed E-state index contributed by atoms with van der Waals surface area (Å²) in [6.45, 7) is 0.271. The summed E-state index contributed by atoms with van der Waals surface area (Å²) in [4.78, 5) is 11.7. The van der Waals surface area contributed by atoms with Crippen LogP contribution in [0.2, 0.25) is 5.02 Å². The summed E-state index contributed by atoms with van der Waals surface area (Å²) in [6, 6.07) is 10.5. The van der Waals surface area contributed by atoms with Crippen LogP contribution in [0, 0.1) is 11.6 Å². The molecule has 20 heavy (non-hydrogen) atoms. The number of amides is 1. The predicted octanol–water partition coefficient (Wildman–Crippen LogP) is 3.59. The van der Waals surface area contributed by atoms with Crippen molar-refractivity contribution < 1.29 is 13.6 Å². The van der Waals surface area contributed by atoms with E-state index in [2.05, 4.69) is 5.32 Å². The first-order valence-corrected chi connectivity index (χ1v) is 6.42. The molecule has 1 amide bonds. The van der Waals surface area contributed by atoms with Gasteiger partial charge in [0.05, 0.1) is 0 Å². The molecule has 2 rings (SSSR count). The lowest BCUT2D eigenvalue weighted by Crippen LogP contribution is -2.27. The van der Waals surface area contributed by atoms with E-state index < -0.39 is 23.1 Å². The second-order valence-electron chi connectivity index (χ2n) is 4.23. The molecule has 0 aromatic heterocycles. The van der Waals surface area contributed by atoms with Crippen molar-refractivity contribution in [2.45, 2.75) is 6.42 Å². The molecular formula is C15H12ClF2NO. The number of hydrogen-bond acceptors (Lipinski definition) is 1. The number of carbonyl (C=O) groups is 1. The molecule has 0 aliphatic carbocycles. The average molecular weight is 296 g/mol. The Labute approximate surface area is 120 Å². The number of halogens is 3. The molecular weight excluding hydrogens is 284 g/mol. The van der Waals surface area contributed by atoms with E-state index in [1.165, 1.54) is 6.07 Å².